The van der Waals surface area contributed by atoms with Crippen molar-refractivity contribution in [1.82, 2.24) is 9.78 Å². The van der Waals surface area contributed by atoms with Gasteiger partial charge in [-0.1, -0.05) is 0 Å². The van der Waals surface area contributed by atoms with E-state index in [9.17, 15) is 13.2 Å². The van der Waals surface area contributed by atoms with Crippen LogP contribution in [0.1, 0.15) is 19.8 Å². The van der Waals surface area contributed by atoms with Gasteiger partial charge in [-0.15, -0.1) is 0 Å². The smallest absolute Gasteiger partial charge is 0.157 e. The number of hydrogen-bond acceptors (Lipinski definition) is 4. The summed E-state index contributed by atoms with van der Waals surface area (Å²) in [6, 6.07) is 1.74. The van der Waals surface area contributed by atoms with Crippen LogP contribution in [0.2, 0.25) is 0 Å². The van der Waals surface area contributed by atoms with Crippen LogP contribution in [0.4, 0.5) is 0 Å². The third kappa shape index (κ3) is 1.77. The van der Waals surface area contributed by atoms with Crippen molar-refractivity contribution < 1.29 is 13.2 Å². The summed E-state index contributed by atoms with van der Waals surface area (Å²) in [6.45, 7) is 1.50. The predicted octanol–water partition coefficient (Wildman–Crippen LogP) is 0.376. The van der Waals surface area contributed by atoms with Crippen LogP contribution in [0, 0.1) is 0 Å². The van der Waals surface area contributed by atoms with Crippen molar-refractivity contribution in [3.8, 4) is 0 Å². The fourth-order valence-electron chi connectivity index (χ4n) is 2.14. The van der Waals surface area contributed by atoms with E-state index in [0.717, 1.165) is 0 Å². The summed E-state index contributed by atoms with van der Waals surface area (Å²) in [5.41, 5.74) is -0.755. The molecule has 0 N–H and O–H groups in total. The van der Waals surface area contributed by atoms with Crippen LogP contribution in [-0.2, 0) is 20.2 Å². The first-order valence-electron chi connectivity index (χ1n) is 5.18. The van der Waals surface area contributed by atoms with E-state index < -0.39 is 15.4 Å². The van der Waals surface area contributed by atoms with E-state index >= 15 is 0 Å². The lowest BCUT2D eigenvalue weighted by Gasteiger charge is -2.34. The minimum atomic E-state index is -2.97. The van der Waals surface area contributed by atoms with E-state index in [1.54, 1.807) is 23.1 Å². The minimum Gasteiger partial charge on any atom is -0.297 e. The Morgan fingerprint density at radius 2 is 2.00 bits per heavy atom. The fourth-order valence-corrected chi connectivity index (χ4v) is 3.64. The molecule has 2 heterocycles. The van der Waals surface area contributed by atoms with Crippen molar-refractivity contribution in [2.24, 2.45) is 0 Å². The van der Waals surface area contributed by atoms with Crippen molar-refractivity contribution in [3.05, 3.63) is 18.5 Å². The quantitative estimate of drug-likeness (QED) is 0.751. The standard InChI is InChI=1S/C10H14N2O3S/c1-9(13)10(12-6-2-5-11-12)3-7-16(14,15)8-4-10/h2,5-6H,3-4,7-8H2,1H3. The molecule has 5 nitrogen and oxygen atoms in total. The van der Waals surface area contributed by atoms with Gasteiger partial charge < -0.3 is 0 Å². The molecule has 0 spiro atoms. The highest BCUT2D eigenvalue weighted by Crippen LogP contribution is 2.31. The molecule has 0 bridgehead atoms. The molecule has 88 valence electrons. The Kier molecular flexibility index (Phi) is 2.61. The number of rotatable bonds is 2. The summed E-state index contributed by atoms with van der Waals surface area (Å²) in [7, 11) is -2.97. The zero-order valence-corrected chi connectivity index (χ0v) is 9.90. The summed E-state index contributed by atoms with van der Waals surface area (Å²) in [5, 5.41) is 4.08. The van der Waals surface area contributed by atoms with E-state index in [1.165, 1.54) is 6.92 Å². The predicted molar refractivity (Wildman–Crippen MR) is 58.8 cm³/mol. The molecular weight excluding hydrogens is 228 g/mol. The van der Waals surface area contributed by atoms with Gasteiger partial charge >= 0.3 is 0 Å². The normalized spacial score (nSPS) is 22.8. The highest BCUT2D eigenvalue weighted by atomic mass is 32.2. The molecule has 0 saturated carbocycles. The molecule has 16 heavy (non-hydrogen) atoms. The van der Waals surface area contributed by atoms with Crippen LogP contribution < -0.4 is 0 Å². The Balaban J connectivity index is 2.37. The summed E-state index contributed by atoms with van der Waals surface area (Å²) < 4.78 is 24.4. The van der Waals surface area contributed by atoms with Gasteiger partial charge in [-0.3, -0.25) is 9.48 Å². The van der Waals surface area contributed by atoms with Gasteiger partial charge in [-0.2, -0.15) is 5.10 Å². The number of carbonyl (C=O) groups excluding carboxylic acids is 1. The molecule has 1 aromatic heterocycles. The highest BCUT2D eigenvalue weighted by Gasteiger charge is 2.43. The summed E-state index contributed by atoms with van der Waals surface area (Å²) >= 11 is 0. The van der Waals surface area contributed by atoms with Crippen LogP contribution in [0.5, 0.6) is 0 Å². The van der Waals surface area contributed by atoms with E-state index in [2.05, 4.69) is 5.10 Å². The molecule has 0 radical (unpaired) electrons. The molecule has 6 heteroatoms. The number of nitrogens with zero attached hydrogens (tertiary/aromatic N) is 2. The van der Waals surface area contributed by atoms with Crippen molar-refractivity contribution in [3.63, 3.8) is 0 Å². The molecule has 0 aliphatic carbocycles. The van der Waals surface area contributed by atoms with Crippen LogP contribution in [0.3, 0.4) is 0 Å². The zero-order valence-electron chi connectivity index (χ0n) is 9.09. The average molecular weight is 242 g/mol. The minimum absolute atomic E-state index is 0.0221. The lowest BCUT2D eigenvalue weighted by Crippen LogP contribution is -2.47. The monoisotopic (exact) mass is 242 g/mol. The summed E-state index contributed by atoms with van der Waals surface area (Å²) in [6.07, 6.45) is 3.98. The third-order valence-electron chi connectivity index (χ3n) is 3.25. The van der Waals surface area contributed by atoms with Crippen LogP contribution in [-0.4, -0.2) is 35.5 Å². The number of aromatic nitrogens is 2. The fraction of sp³-hybridized carbons (Fsp3) is 0.600. The first-order valence-corrected chi connectivity index (χ1v) is 7.00. The highest BCUT2D eigenvalue weighted by molar-refractivity contribution is 7.91. The Morgan fingerprint density at radius 1 is 1.38 bits per heavy atom. The second-order valence-electron chi connectivity index (χ2n) is 4.19. The van der Waals surface area contributed by atoms with Crippen molar-refractivity contribution in [2.75, 3.05) is 11.5 Å². The Morgan fingerprint density at radius 3 is 2.44 bits per heavy atom. The summed E-state index contributed by atoms with van der Waals surface area (Å²) in [5.74, 6) is 0.102. The Labute approximate surface area is 94.4 Å². The second kappa shape index (κ2) is 3.69. The molecule has 1 aliphatic heterocycles. The van der Waals surface area contributed by atoms with Gasteiger partial charge in [0.2, 0.25) is 0 Å². The van der Waals surface area contributed by atoms with E-state index in [1.807, 2.05) is 0 Å². The maximum atomic E-state index is 11.8. The molecule has 1 saturated heterocycles. The van der Waals surface area contributed by atoms with Gasteiger partial charge in [0.25, 0.3) is 0 Å². The number of Topliss-reactive ketones (excluding diaryl/α,β-unsaturated/α-hetero) is 1. The molecular formula is C10H14N2O3S. The van der Waals surface area contributed by atoms with Crippen LogP contribution in [0.25, 0.3) is 0 Å². The van der Waals surface area contributed by atoms with Gasteiger partial charge in [0.05, 0.1) is 11.5 Å². The van der Waals surface area contributed by atoms with E-state index in [4.69, 9.17) is 0 Å². The number of sulfone groups is 1. The van der Waals surface area contributed by atoms with Gasteiger partial charge in [-0.05, 0) is 25.8 Å². The maximum absolute atomic E-state index is 11.8. The lowest BCUT2D eigenvalue weighted by molar-refractivity contribution is -0.126. The molecule has 0 atom stereocenters. The van der Waals surface area contributed by atoms with Gasteiger partial charge in [0.1, 0.15) is 5.54 Å². The molecule has 0 amide bonds. The van der Waals surface area contributed by atoms with Crippen molar-refractivity contribution in [1.29, 1.82) is 0 Å². The van der Waals surface area contributed by atoms with E-state index in [0.29, 0.717) is 12.8 Å². The number of ketones is 1. The molecule has 0 aromatic carbocycles. The van der Waals surface area contributed by atoms with Crippen LogP contribution >= 0.6 is 0 Å². The van der Waals surface area contributed by atoms with Crippen LogP contribution in [0.15, 0.2) is 18.5 Å². The molecule has 1 fully saturated rings. The largest absolute Gasteiger partial charge is 0.297 e. The second-order valence-corrected chi connectivity index (χ2v) is 6.49. The maximum Gasteiger partial charge on any atom is 0.157 e. The first kappa shape index (κ1) is 11.3. The summed E-state index contributed by atoms with van der Waals surface area (Å²) in [4.78, 5) is 11.8. The van der Waals surface area contributed by atoms with Gasteiger partial charge in [-0.25, -0.2) is 8.42 Å². The first-order chi connectivity index (χ1) is 7.46. The zero-order chi connectivity index (χ0) is 11.8. The molecule has 1 aromatic rings. The van der Waals surface area contributed by atoms with E-state index in [-0.39, 0.29) is 17.3 Å². The lowest BCUT2D eigenvalue weighted by atomic mass is 9.88. The SMILES string of the molecule is CC(=O)C1(n2cccn2)CCS(=O)(=O)CC1. The number of carbonyl (C=O) groups is 1. The Hall–Kier alpha value is -1.17. The molecule has 0 unspecified atom stereocenters. The number of hydrogen-bond donors (Lipinski definition) is 0. The molecule has 1 aliphatic rings. The third-order valence-corrected chi connectivity index (χ3v) is 4.90. The topological polar surface area (TPSA) is 69.0 Å². The van der Waals surface area contributed by atoms with Gasteiger partial charge in [0.15, 0.2) is 15.6 Å². The van der Waals surface area contributed by atoms with Gasteiger partial charge in [0, 0.05) is 12.4 Å². The Bertz CT molecular complexity index is 476. The van der Waals surface area contributed by atoms with Crippen molar-refractivity contribution >= 4 is 15.6 Å². The van der Waals surface area contributed by atoms with Crippen molar-refractivity contribution in [2.45, 2.75) is 25.3 Å². The molecule has 2 rings (SSSR count). The average Bonchev–Trinajstić information content (AvgIpc) is 2.71.